The molecule has 0 aliphatic heterocycles. The van der Waals surface area contributed by atoms with Crippen LogP contribution in [0.1, 0.15) is 5.56 Å². The zero-order chi connectivity index (χ0) is 11.4. The summed E-state index contributed by atoms with van der Waals surface area (Å²) >= 11 is 13.3. The highest BCUT2D eigenvalue weighted by molar-refractivity contribution is 7.98. The number of hydrogen-bond donors (Lipinski definition) is 0. The maximum atomic E-state index is 10.2. The van der Waals surface area contributed by atoms with E-state index in [1.54, 1.807) is 12.1 Å². The summed E-state index contributed by atoms with van der Waals surface area (Å²) in [7, 11) is 0. The van der Waals surface area contributed by atoms with Crippen LogP contribution in [0.5, 0.6) is 0 Å². The van der Waals surface area contributed by atoms with Crippen molar-refractivity contribution in [3.8, 4) is 0 Å². The summed E-state index contributed by atoms with van der Waals surface area (Å²) in [6, 6.07) is 3.32. The molecular formula is C10H7Cl2O2S-. The molecule has 1 rings (SSSR count). The molecule has 5 heteroatoms. The van der Waals surface area contributed by atoms with Crippen molar-refractivity contribution in [3.63, 3.8) is 0 Å². The lowest BCUT2D eigenvalue weighted by molar-refractivity contribution is -0.297. The van der Waals surface area contributed by atoms with Crippen LogP contribution < -0.4 is 5.11 Å². The molecule has 0 spiro atoms. The Morgan fingerprint density at radius 2 is 2.07 bits per heavy atom. The van der Waals surface area contributed by atoms with Gasteiger partial charge in [0.25, 0.3) is 0 Å². The molecule has 80 valence electrons. The van der Waals surface area contributed by atoms with Crippen LogP contribution in [-0.2, 0) is 4.79 Å². The standard InChI is InChI=1S/C10H8Cl2O2S/c1-15-9-5-7(11)6(4-8(9)12)2-3-10(13)14/h2-5H,1H3,(H,13,14)/p-1/b3-2+. The topological polar surface area (TPSA) is 40.1 Å². The highest BCUT2D eigenvalue weighted by Gasteiger charge is 2.04. The van der Waals surface area contributed by atoms with Gasteiger partial charge in [0, 0.05) is 9.92 Å². The molecule has 1 aromatic rings. The fraction of sp³-hybridized carbons (Fsp3) is 0.100. The number of thioether (sulfide) groups is 1. The van der Waals surface area contributed by atoms with Crippen LogP contribution in [0.25, 0.3) is 6.08 Å². The summed E-state index contributed by atoms with van der Waals surface area (Å²) in [6.07, 6.45) is 4.15. The molecule has 0 fully saturated rings. The lowest BCUT2D eigenvalue weighted by Crippen LogP contribution is -2.18. The van der Waals surface area contributed by atoms with E-state index in [9.17, 15) is 9.90 Å². The van der Waals surface area contributed by atoms with Crippen molar-refractivity contribution >= 4 is 47.0 Å². The zero-order valence-corrected chi connectivity index (χ0v) is 10.1. The largest absolute Gasteiger partial charge is 0.545 e. The van der Waals surface area contributed by atoms with E-state index in [1.807, 2.05) is 6.26 Å². The Balaban J connectivity index is 3.10. The third-order valence-electron chi connectivity index (χ3n) is 1.67. The number of carboxylic acids is 1. The second-order valence-corrected chi connectivity index (χ2v) is 4.32. The molecule has 0 N–H and O–H groups in total. The first-order valence-corrected chi connectivity index (χ1v) is 5.94. The molecule has 2 nitrogen and oxygen atoms in total. The lowest BCUT2D eigenvalue weighted by atomic mass is 10.2. The number of carbonyl (C=O) groups excluding carboxylic acids is 1. The minimum Gasteiger partial charge on any atom is -0.545 e. The molecule has 0 heterocycles. The third-order valence-corrected chi connectivity index (χ3v) is 3.20. The minimum absolute atomic E-state index is 0.459. The van der Waals surface area contributed by atoms with E-state index < -0.39 is 5.97 Å². The van der Waals surface area contributed by atoms with E-state index in [2.05, 4.69) is 0 Å². The molecule has 0 amide bonds. The fourth-order valence-electron chi connectivity index (χ4n) is 0.986. The summed E-state index contributed by atoms with van der Waals surface area (Å²) in [4.78, 5) is 11.1. The normalized spacial score (nSPS) is 10.9. The Bertz CT molecular complexity index is 416. The number of carboxylic acid groups (broad SMARTS) is 1. The molecule has 0 saturated carbocycles. The molecule has 1 aromatic carbocycles. The lowest BCUT2D eigenvalue weighted by Gasteiger charge is -2.04. The van der Waals surface area contributed by atoms with Crippen LogP contribution in [0.3, 0.4) is 0 Å². The number of hydrogen-bond acceptors (Lipinski definition) is 3. The van der Waals surface area contributed by atoms with E-state index in [1.165, 1.54) is 17.8 Å². The molecule has 0 aliphatic carbocycles. The molecule has 0 unspecified atom stereocenters. The predicted octanol–water partition coefficient (Wildman–Crippen LogP) is 2.48. The van der Waals surface area contributed by atoms with Gasteiger partial charge in [0.05, 0.1) is 11.0 Å². The first kappa shape index (κ1) is 12.4. The van der Waals surface area contributed by atoms with E-state index >= 15 is 0 Å². The van der Waals surface area contributed by atoms with Gasteiger partial charge in [-0.25, -0.2) is 0 Å². The summed E-state index contributed by atoms with van der Waals surface area (Å²) in [5.41, 5.74) is 0.559. The van der Waals surface area contributed by atoms with Crippen molar-refractivity contribution in [2.45, 2.75) is 4.90 Å². The first-order valence-electron chi connectivity index (χ1n) is 3.96. The summed E-state index contributed by atoms with van der Waals surface area (Å²) < 4.78 is 0. The summed E-state index contributed by atoms with van der Waals surface area (Å²) in [6.45, 7) is 0. The molecule has 0 aliphatic rings. The molecule has 15 heavy (non-hydrogen) atoms. The highest BCUT2D eigenvalue weighted by atomic mass is 35.5. The smallest absolute Gasteiger partial charge is 0.0643 e. The van der Waals surface area contributed by atoms with Gasteiger partial charge in [-0.05, 0) is 30.0 Å². The molecule has 0 saturated heterocycles. The van der Waals surface area contributed by atoms with Crippen molar-refractivity contribution < 1.29 is 9.90 Å². The molecule has 0 bridgehead atoms. The number of benzene rings is 1. The maximum Gasteiger partial charge on any atom is 0.0643 e. The van der Waals surface area contributed by atoms with Gasteiger partial charge in [0.1, 0.15) is 0 Å². The maximum absolute atomic E-state index is 10.2. The average Bonchev–Trinajstić information content (AvgIpc) is 2.18. The Labute approximate surface area is 102 Å². The van der Waals surface area contributed by atoms with E-state index in [0.29, 0.717) is 15.6 Å². The van der Waals surface area contributed by atoms with Crippen LogP contribution in [0.4, 0.5) is 0 Å². The van der Waals surface area contributed by atoms with Gasteiger partial charge in [0.15, 0.2) is 0 Å². The van der Waals surface area contributed by atoms with Crippen LogP contribution in [-0.4, -0.2) is 12.2 Å². The Morgan fingerprint density at radius 3 is 2.60 bits per heavy atom. The van der Waals surface area contributed by atoms with Crippen molar-refractivity contribution in [2.75, 3.05) is 6.26 Å². The van der Waals surface area contributed by atoms with Crippen LogP contribution in [0, 0.1) is 0 Å². The van der Waals surface area contributed by atoms with Gasteiger partial charge in [-0.1, -0.05) is 29.3 Å². The van der Waals surface area contributed by atoms with E-state index in [4.69, 9.17) is 23.2 Å². The van der Waals surface area contributed by atoms with Gasteiger partial charge in [-0.2, -0.15) is 0 Å². The van der Waals surface area contributed by atoms with E-state index in [-0.39, 0.29) is 0 Å². The summed E-state index contributed by atoms with van der Waals surface area (Å²) in [5.74, 6) is -1.27. The second-order valence-electron chi connectivity index (χ2n) is 2.66. The number of carbonyl (C=O) groups is 1. The van der Waals surface area contributed by atoms with Crippen LogP contribution in [0.15, 0.2) is 23.1 Å². The number of rotatable bonds is 3. The Kier molecular flexibility index (Phi) is 4.51. The van der Waals surface area contributed by atoms with Gasteiger partial charge in [-0.15, -0.1) is 11.8 Å². The van der Waals surface area contributed by atoms with Gasteiger partial charge in [0.2, 0.25) is 0 Å². The second kappa shape index (κ2) is 5.45. The Morgan fingerprint density at radius 1 is 1.40 bits per heavy atom. The quantitative estimate of drug-likeness (QED) is 0.620. The molecule has 0 radical (unpaired) electrons. The van der Waals surface area contributed by atoms with Crippen molar-refractivity contribution in [3.05, 3.63) is 33.8 Å². The molecular weight excluding hydrogens is 255 g/mol. The van der Waals surface area contributed by atoms with Crippen LogP contribution >= 0.6 is 35.0 Å². The monoisotopic (exact) mass is 261 g/mol. The minimum atomic E-state index is -1.27. The number of halogens is 2. The van der Waals surface area contributed by atoms with Crippen molar-refractivity contribution in [1.82, 2.24) is 0 Å². The van der Waals surface area contributed by atoms with Gasteiger partial charge < -0.3 is 9.90 Å². The molecule has 0 aromatic heterocycles. The molecule has 0 atom stereocenters. The first-order chi connectivity index (χ1) is 7.04. The predicted molar refractivity (Wildman–Crippen MR) is 62.3 cm³/mol. The fourth-order valence-corrected chi connectivity index (χ4v) is 2.17. The zero-order valence-electron chi connectivity index (χ0n) is 7.79. The van der Waals surface area contributed by atoms with Crippen molar-refractivity contribution in [1.29, 1.82) is 0 Å². The SMILES string of the molecule is CSc1cc(Cl)c(/C=C/C(=O)[O-])cc1Cl. The van der Waals surface area contributed by atoms with Crippen molar-refractivity contribution in [2.24, 2.45) is 0 Å². The third kappa shape index (κ3) is 3.45. The number of aliphatic carboxylic acids is 1. The Hall–Kier alpha value is -0.640. The van der Waals surface area contributed by atoms with Crippen LogP contribution in [0.2, 0.25) is 10.0 Å². The van der Waals surface area contributed by atoms with E-state index in [0.717, 1.165) is 11.0 Å². The van der Waals surface area contributed by atoms with Gasteiger partial charge in [-0.3, -0.25) is 0 Å². The summed E-state index contributed by atoms with van der Waals surface area (Å²) in [5, 5.41) is 11.2. The highest BCUT2D eigenvalue weighted by Crippen LogP contribution is 2.31. The average molecular weight is 262 g/mol. The van der Waals surface area contributed by atoms with Gasteiger partial charge >= 0.3 is 0 Å².